The van der Waals surface area contributed by atoms with E-state index in [1.165, 1.54) is 17.6 Å². The highest BCUT2D eigenvalue weighted by atomic mass is 32.1. The van der Waals surface area contributed by atoms with Crippen LogP contribution in [0, 0.1) is 12.3 Å². The average Bonchev–Trinajstić information content (AvgIpc) is 2.97. The summed E-state index contributed by atoms with van der Waals surface area (Å²) in [6.45, 7) is 3.69. The van der Waals surface area contributed by atoms with Crippen molar-refractivity contribution in [3.05, 3.63) is 21.9 Å². The third-order valence-electron chi connectivity index (χ3n) is 3.19. The second-order valence-corrected chi connectivity index (χ2v) is 5.40. The highest BCUT2D eigenvalue weighted by Gasteiger charge is 2.50. The average molecular weight is 239 g/mol. The Morgan fingerprint density at radius 2 is 2.38 bits per heavy atom. The van der Waals surface area contributed by atoms with Gasteiger partial charge in [-0.25, -0.2) is 0 Å². The molecule has 1 fully saturated rings. The molecule has 16 heavy (non-hydrogen) atoms. The first-order valence-corrected chi connectivity index (χ1v) is 6.38. The third-order valence-corrected chi connectivity index (χ3v) is 4.21. The van der Waals surface area contributed by atoms with Gasteiger partial charge in [-0.05, 0) is 36.8 Å². The van der Waals surface area contributed by atoms with Gasteiger partial charge in [0.25, 0.3) is 0 Å². The van der Waals surface area contributed by atoms with Crippen LogP contribution in [0.15, 0.2) is 11.4 Å². The van der Waals surface area contributed by atoms with Gasteiger partial charge in [0.15, 0.2) is 0 Å². The maximum atomic E-state index is 11.5. The van der Waals surface area contributed by atoms with Crippen molar-refractivity contribution in [1.29, 1.82) is 0 Å². The van der Waals surface area contributed by atoms with Gasteiger partial charge in [0.1, 0.15) is 0 Å². The van der Waals surface area contributed by atoms with Crippen LogP contribution in [0.3, 0.4) is 0 Å². The van der Waals surface area contributed by atoms with Crippen molar-refractivity contribution in [3.63, 3.8) is 0 Å². The zero-order valence-corrected chi connectivity index (χ0v) is 10.5. The minimum absolute atomic E-state index is 0.0668. The van der Waals surface area contributed by atoms with Crippen molar-refractivity contribution in [2.75, 3.05) is 13.7 Å². The predicted octanol–water partition coefficient (Wildman–Crippen LogP) is 2.10. The molecule has 0 atom stereocenters. The van der Waals surface area contributed by atoms with Crippen molar-refractivity contribution in [2.45, 2.75) is 26.3 Å². The summed E-state index contributed by atoms with van der Waals surface area (Å²) in [4.78, 5) is 12.8. The van der Waals surface area contributed by atoms with E-state index in [4.69, 9.17) is 4.74 Å². The molecule has 1 aliphatic carbocycles. The molecule has 0 saturated heterocycles. The quantitative estimate of drug-likeness (QED) is 0.800. The third kappa shape index (κ3) is 2.28. The summed E-state index contributed by atoms with van der Waals surface area (Å²) in [5.74, 6) is -0.0668. The van der Waals surface area contributed by atoms with Crippen molar-refractivity contribution in [2.24, 2.45) is 5.41 Å². The number of hydrogen-bond acceptors (Lipinski definition) is 4. The molecule has 1 heterocycles. The monoisotopic (exact) mass is 239 g/mol. The molecule has 88 valence electrons. The Bertz CT molecular complexity index is 382. The lowest BCUT2D eigenvalue weighted by Gasteiger charge is -2.13. The van der Waals surface area contributed by atoms with Gasteiger partial charge in [-0.2, -0.15) is 0 Å². The standard InChI is InChI=1S/C12H17NO2S/c1-9-3-6-16-10(9)7-13-8-12(4-5-12)11(14)15-2/h3,6,13H,4-5,7-8H2,1-2H3. The molecule has 0 amide bonds. The van der Waals surface area contributed by atoms with Crippen LogP contribution >= 0.6 is 11.3 Å². The minimum atomic E-state index is -0.222. The van der Waals surface area contributed by atoms with Gasteiger partial charge in [0.2, 0.25) is 0 Å². The summed E-state index contributed by atoms with van der Waals surface area (Å²) in [6, 6.07) is 2.12. The summed E-state index contributed by atoms with van der Waals surface area (Å²) < 4.78 is 4.81. The normalized spacial score (nSPS) is 17.1. The summed E-state index contributed by atoms with van der Waals surface area (Å²) in [6.07, 6.45) is 1.91. The van der Waals surface area contributed by atoms with E-state index < -0.39 is 0 Å². The topological polar surface area (TPSA) is 38.3 Å². The first-order valence-electron chi connectivity index (χ1n) is 5.50. The number of rotatable bonds is 5. The smallest absolute Gasteiger partial charge is 0.313 e. The van der Waals surface area contributed by atoms with Crippen LogP contribution in [0.25, 0.3) is 0 Å². The molecule has 0 spiro atoms. The van der Waals surface area contributed by atoms with Gasteiger partial charge < -0.3 is 10.1 Å². The summed E-state index contributed by atoms with van der Waals surface area (Å²) >= 11 is 1.76. The zero-order chi connectivity index (χ0) is 11.6. The van der Waals surface area contributed by atoms with Crippen LogP contribution in [0.4, 0.5) is 0 Å². The summed E-state index contributed by atoms with van der Waals surface area (Å²) in [5.41, 5.74) is 1.10. The van der Waals surface area contributed by atoms with Crippen molar-refractivity contribution in [3.8, 4) is 0 Å². The first-order chi connectivity index (χ1) is 7.68. The van der Waals surface area contributed by atoms with Crippen molar-refractivity contribution >= 4 is 17.3 Å². The van der Waals surface area contributed by atoms with Crippen LogP contribution in [-0.4, -0.2) is 19.6 Å². The van der Waals surface area contributed by atoms with E-state index in [9.17, 15) is 4.79 Å². The van der Waals surface area contributed by atoms with Crippen LogP contribution in [0.5, 0.6) is 0 Å². The minimum Gasteiger partial charge on any atom is -0.469 e. The predicted molar refractivity (Wildman–Crippen MR) is 64.4 cm³/mol. The van der Waals surface area contributed by atoms with E-state index in [1.807, 2.05) is 0 Å². The zero-order valence-electron chi connectivity index (χ0n) is 9.71. The molecule has 2 rings (SSSR count). The first kappa shape index (κ1) is 11.6. The molecule has 0 radical (unpaired) electrons. The number of aryl methyl sites for hydroxylation is 1. The molecule has 1 aliphatic rings. The molecule has 3 nitrogen and oxygen atoms in total. The van der Waals surface area contributed by atoms with Gasteiger partial charge in [0, 0.05) is 18.0 Å². The fourth-order valence-corrected chi connectivity index (χ4v) is 2.70. The van der Waals surface area contributed by atoms with Gasteiger partial charge in [-0.15, -0.1) is 11.3 Å². The van der Waals surface area contributed by atoms with Gasteiger partial charge in [-0.1, -0.05) is 0 Å². The summed E-state index contributed by atoms with van der Waals surface area (Å²) in [5, 5.41) is 5.45. The Morgan fingerprint density at radius 1 is 1.62 bits per heavy atom. The number of hydrogen-bond donors (Lipinski definition) is 1. The Kier molecular flexibility index (Phi) is 3.30. The maximum Gasteiger partial charge on any atom is 0.313 e. The Balaban J connectivity index is 1.81. The van der Waals surface area contributed by atoms with Crippen molar-refractivity contribution in [1.82, 2.24) is 5.32 Å². The molecule has 4 heteroatoms. The van der Waals surface area contributed by atoms with Gasteiger partial charge >= 0.3 is 5.97 Å². The molecule has 1 aromatic heterocycles. The van der Waals surface area contributed by atoms with Gasteiger partial charge in [-0.3, -0.25) is 4.79 Å². The van der Waals surface area contributed by atoms with E-state index in [2.05, 4.69) is 23.7 Å². The van der Waals surface area contributed by atoms with Crippen molar-refractivity contribution < 1.29 is 9.53 Å². The number of thiophene rings is 1. The van der Waals surface area contributed by atoms with E-state index >= 15 is 0 Å². The molecular formula is C12H17NO2S. The SMILES string of the molecule is COC(=O)C1(CNCc2sccc2C)CC1. The number of nitrogens with one attached hydrogen (secondary N) is 1. The molecule has 0 aliphatic heterocycles. The highest BCUT2D eigenvalue weighted by Crippen LogP contribution is 2.46. The largest absolute Gasteiger partial charge is 0.469 e. The van der Waals surface area contributed by atoms with Crippen LogP contribution in [0.2, 0.25) is 0 Å². The number of carbonyl (C=O) groups is 1. The molecular weight excluding hydrogens is 222 g/mol. The molecule has 0 aromatic carbocycles. The second kappa shape index (κ2) is 4.55. The van der Waals surface area contributed by atoms with Crippen LogP contribution in [-0.2, 0) is 16.1 Å². The van der Waals surface area contributed by atoms with Crippen LogP contribution < -0.4 is 5.32 Å². The fourth-order valence-electron chi connectivity index (χ4n) is 1.82. The number of methoxy groups -OCH3 is 1. The van der Waals surface area contributed by atoms with E-state index in [-0.39, 0.29) is 11.4 Å². The van der Waals surface area contributed by atoms with E-state index in [0.29, 0.717) is 0 Å². The molecule has 1 N–H and O–H groups in total. The Labute approximate surface area is 99.8 Å². The lowest BCUT2D eigenvalue weighted by Crippen LogP contribution is -2.30. The highest BCUT2D eigenvalue weighted by molar-refractivity contribution is 7.10. The molecule has 1 aromatic rings. The summed E-state index contributed by atoms with van der Waals surface area (Å²) in [7, 11) is 1.46. The Hall–Kier alpha value is -0.870. The molecule has 1 saturated carbocycles. The van der Waals surface area contributed by atoms with E-state index in [0.717, 1.165) is 25.9 Å². The lowest BCUT2D eigenvalue weighted by atomic mass is 10.1. The van der Waals surface area contributed by atoms with Crippen LogP contribution in [0.1, 0.15) is 23.3 Å². The van der Waals surface area contributed by atoms with Gasteiger partial charge in [0.05, 0.1) is 12.5 Å². The number of carbonyl (C=O) groups excluding carboxylic acids is 1. The lowest BCUT2D eigenvalue weighted by molar-refractivity contribution is -0.146. The maximum absolute atomic E-state index is 11.5. The number of esters is 1. The number of ether oxygens (including phenoxy) is 1. The van der Waals surface area contributed by atoms with E-state index in [1.54, 1.807) is 11.3 Å². The second-order valence-electron chi connectivity index (χ2n) is 4.40. The Morgan fingerprint density at radius 3 is 2.88 bits per heavy atom. The molecule has 0 unspecified atom stereocenters. The molecule has 0 bridgehead atoms. The fraction of sp³-hybridized carbons (Fsp3) is 0.583.